The SMILES string of the molecule is CCc1cccc(CC)c1NC(=O)C(C)CN. The summed E-state index contributed by atoms with van der Waals surface area (Å²) in [6.45, 7) is 6.41. The van der Waals surface area contributed by atoms with Crippen LogP contribution < -0.4 is 11.1 Å². The molecule has 0 bridgehead atoms. The van der Waals surface area contributed by atoms with E-state index in [1.165, 1.54) is 11.1 Å². The molecule has 3 heteroatoms. The van der Waals surface area contributed by atoms with Gasteiger partial charge in [-0.3, -0.25) is 4.79 Å². The van der Waals surface area contributed by atoms with Gasteiger partial charge >= 0.3 is 0 Å². The van der Waals surface area contributed by atoms with Crippen molar-refractivity contribution in [1.29, 1.82) is 0 Å². The van der Waals surface area contributed by atoms with E-state index in [0.29, 0.717) is 6.54 Å². The van der Waals surface area contributed by atoms with E-state index in [2.05, 4.69) is 31.3 Å². The molecule has 1 rings (SSSR count). The van der Waals surface area contributed by atoms with E-state index >= 15 is 0 Å². The first kappa shape index (κ1) is 13.7. The van der Waals surface area contributed by atoms with Crippen LogP contribution in [0.2, 0.25) is 0 Å². The molecule has 0 spiro atoms. The number of aryl methyl sites for hydroxylation is 2. The zero-order chi connectivity index (χ0) is 12.8. The maximum Gasteiger partial charge on any atom is 0.228 e. The van der Waals surface area contributed by atoms with Crippen LogP contribution in [0.4, 0.5) is 5.69 Å². The summed E-state index contributed by atoms with van der Waals surface area (Å²) in [5.41, 5.74) is 8.85. The first-order valence-corrected chi connectivity index (χ1v) is 6.25. The van der Waals surface area contributed by atoms with Crippen LogP contribution in [0, 0.1) is 5.92 Å². The summed E-state index contributed by atoms with van der Waals surface area (Å²) in [6, 6.07) is 6.16. The average Bonchev–Trinajstić information content (AvgIpc) is 2.37. The van der Waals surface area contributed by atoms with Crippen LogP contribution in [0.25, 0.3) is 0 Å². The Labute approximate surface area is 103 Å². The van der Waals surface area contributed by atoms with Gasteiger partial charge in [0.25, 0.3) is 0 Å². The van der Waals surface area contributed by atoms with Crippen molar-refractivity contribution in [3.05, 3.63) is 29.3 Å². The van der Waals surface area contributed by atoms with Gasteiger partial charge in [0.05, 0.1) is 0 Å². The highest BCUT2D eigenvalue weighted by Crippen LogP contribution is 2.23. The van der Waals surface area contributed by atoms with Crippen LogP contribution in [0.5, 0.6) is 0 Å². The molecule has 0 saturated heterocycles. The van der Waals surface area contributed by atoms with Crippen molar-refractivity contribution in [2.24, 2.45) is 11.7 Å². The highest BCUT2D eigenvalue weighted by atomic mass is 16.1. The number of nitrogens with one attached hydrogen (secondary N) is 1. The second-order valence-corrected chi connectivity index (χ2v) is 4.28. The molecule has 1 unspecified atom stereocenters. The van der Waals surface area contributed by atoms with Gasteiger partial charge in [-0.05, 0) is 24.0 Å². The van der Waals surface area contributed by atoms with Gasteiger partial charge in [0.2, 0.25) is 5.91 Å². The molecule has 3 N–H and O–H groups in total. The number of benzene rings is 1. The van der Waals surface area contributed by atoms with Crippen molar-refractivity contribution in [2.75, 3.05) is 11.9 Å². The fraction of sp³-hybridized carbons (Fsp3) is 0.500. The average molecular weight is 234 g/mol. The van der Waals surface area contributed by atoms with Crippen molar-refractivity contribution < 1.29 is 4.79 Å². The Hall–Kier alpha value is -1.35. The molecule has 94 valence electrons. The van der Waals surface area contributed by atoms with Crippen molar-refractivity contribution in [1.82, 2.24) is 0 Å². The molecule has 1 amide bonds. The predicted molar refractivity (Wildman–Crippen MR) is 72.0 cm³/mol. The molecule has 0 heterocycles. The molecule has 0 aromatic heterocycles. The second kappa shape index (κ2) is 6.40. The Morgan fingerprint density at radius 2 is 1.82 bits per heavy atom. The van der Waals surface area contributed by atoms with Crippen LogP contribution in [0.1, 0.15) is 31.9 Å². The Morgan fingerprint density at radius 3 is 2.24 bits per heavy atom. The zero-order valence-corrected chi connectivity index (χ0v) is 10.9. The molecular weight excluding hydrogens is 212 g/mol. The molecule has 3 nitrogen and oxygen atoms in total. The minimum atomic E-state index is -0.149. The first-order valence-electron chi connectivity index (χ1n) is 6.25. The van der Waals surface area contributed by atoms with Gasteiger partial charge in [0, 0.05) is 18.2 Å². The summed E-state index contributed by atoms with van der Waals surface area (Å²) < 4.78 is 0. The number of amides is 1. The third-order valence-corrected chi connectivity index (χ3v) is 3.05. The van der Waals surface area contributed by atoms with Gasteiger partial charge in [-0.2, -0.15) is 0 Å². The topological polar surface area (TPSA) is 55.1 Å². The Kier molecular flexibility index (Phi) is 5.16. The quantitative estimate of drug-likeness (QED) is 0.821. The molecule has 1 aromatic carbocycles. The van der Waals surface area contributed by atoms with E-state index < -0.39 is 0 Å². The lowest BCUT2D eigenvalue weighted by Crippen LogP contribution is -2.27. The van der Waals surface area contributed by atoms with E-state index in [1.807, 2.05) is 13.0 Å². The van der Waals surface area contributed by atoms with E-state index in [9.17, 15) is 4.79 Å². The van der Waals surface area contributed by atoms with Gasteiger partial charge in [0.1, 0.15) is 0 Å². The third-order valence-electron chi connectivity index (χ3n) is 3.05. The zero-order valence-electron chi connectivity index (χ0n) is 10.9. The van der Waals surface area contributed by atoms with E-state index in [1.54, 1.807) is 0 Å². The van der Waals surface area contributed by atoms with E-state index in [4.69, 9.17) is 5.73 Å². The third kappa shape index (κ3) is 3.30. The molecule has 1 atom stereocenters. The summed E-state index contributed by atoms with van der Waals surface area (Å²) >= 11 is 0. The number of anilines is 1. The van der Waals surface area contributed by atoms with Crippen molar-refractivity contribution >= 4 is 11.6 Å². The van der Waals surface area contributed by atoms with Gasteiger partial charge in [0.15, 0.2) is 0 Å². The minimum absolute atomic E-state index is 0.00287. The number of hydrogen-bond donors (Lipinski definition) is 2. The minimum Gasteiger partial charge on any atom is -0.330 e. The largest absolute Gasteiger partial charge is 0.330 e. The smallest absolute Gasteiger partial charge is 0.228 e. The molecule has 0 aliphatic heterocycles. The summed E-state index contributed by atoms with van der Waals surface area (Å²) in [5.74, 6) is -0.146. The summed E-state index contributed by atoms with van der Waals surface area (Å²) in [6.07, 6.45) is 1.83. The van der Waals surface area contributed by atoms with Crippen molar-refractivity contribution in [3.8, 4) is 0 Å². The van der Waals surface area contributed by atoms with Gasteiger partial charge in [-0.25, -0.2) is 0 Å². The molecule has 0 fully saturated rings. The number of carbonyl (C=O) groups excluding carboxylic acids is 1. The second-order valence-electron chi connectivity index (χ2n) is 4.28. The number of rotatable bonds is 5. The van der Waals surface area contributed by atoms with Crippen LogP contribution in [-0.4, -0.2) is 12.5 Å². The lowest BCUT2D eigenvalue weighted by atomic mass is 10.0. The molecule has 0 aliphatic rings. The van der Waals surface area contributed by atoms with Crippen LogP contribution >= 0.6 is 0 Å². The fourth-order valence-corrected chi connectivity index (χ4v) is 1.76. The van der Waals surface area contributed by atoms with E-state index in [0.717, 1.165) is 18.5 Å². The van der Waals surface area contributed by atoms with Gasteiger partial charge in [-0.1, -0.05) is 39.0 Å². The van der Waals surface area contributed by atoms with Crippen molar-refractivity contribution in [3.63, 3.8) is 0 Å². The van der Waals surface area contributed by atoms with Crippen molar-refractivity contribution in [2.45, 2.75) is 33.6 Å². The first-order chi connectivity index (χ1) is 8.13. The fourth-order valence-electron chi connectivity index (χ4n) is 1.76. The Bertz CT molecular complexity index is 366. The Morgan fingerprint density at radius 1 is 1.29 bits per heavy atom. The number of carbonyl (C=O) groups is 1. The standard InChI is InChI=1S/C14H22N2O/c1-4-11-7-6-8-12(5-2)13(11)16-14(17)10(3)9-15/h6-8,10H,4-5,9,15H2,1-3H3,(H,16,17). The van der Waals surface area contributed by atoms with Gasteiger partial charge < -0.3 is 11.1 Å². The molecule has 1 aromatic rings. The monoisotopic (exact) mass is 234 g/mol. The predicted octanol–water partition coefficient (Wildman–Crippen LogP) is 2.34. The Balaban J connectivity index is 2.99. The molecular formula is C14H22N2O. The number of para-hydroxylation sites is 1. The highest BCUT2D eigenvalue weighted by molar-refractivity contribution is 5.94. The van der Waals surface area contributed by atoms with Crippen LogP contribution in [-0.2, 0) is 17.6 Å². The summed E-state index contributed by atoms with van der Waals surface area (Å²) in [5, 5.41) is 3.01. The van der Waals surface area contributed by atoms with Gasteiger partial charge in [-0.15, -0.1) is 0 Å². The van der Waals surface area contributed by atoms with Crippen LogP contribution in [0.3, 0.4) is 0 Å². The molecule has 0 aliphatic carbocycles. The lowest BCUT2D eigenvalue weighted by molar-refractivity contribution is -0.119. The van der Waals surface area contributed by atoms with E-state index in [-0.39, 0.29) is 11.8 Å². The molecule has 0 saturated carbocycles. The maximum atomic E-state index is 11.9. The molecule has 0 radical (unpaired) electrons. The number of hydrogen-bond acceptors (Lipinski definition) is 2. The normalized spacial score (nSPS) is 12.2. The van der Waals surface area contributed by atoms with Crippen LogP contribution in [0.15, 0.2) is 18.2 Å². The number of nitrogens with two attached hydrogens (primary N) is 1. The lowest BCUT2D eigenvalue weighted by Gasteiger charge is -2.16. The highest BCUT2D eigenvalue weighted by Gasteiger charge is 2.14. The summed E-state index contributed by atoms with van der Waals surface area (Å²) in [7, 11) is 0. The summed E-state index contributed by atoms with van der Waals surface area (Å²) in [4.78, 5) is 11.9. The maximum absolute atomic E-state index is 11.9. The molecule has 17 heavy (non-hydrogen) atoms.